The molecule has 6 heteroatoms. The van der Waals surface area contributed by atoms with Gasteiger partial charge in [-0.05, 0) is 32.4 Å². The highest BCUT2D eigenvalue weighted by molar-refractivity contribution is 5.76. The minimum Gasteiger partial charge on any atom is -0.481 e. The number of aliphatic carboxylic acids is 1. The maximum Gasteiger partial charge on any atom is 0.320 e. The Labute approximate surface area is 125 Å². The summed E-state index contributed by atoms with van der Waals surface area (Å²) in [5, 5.41) is 8.99. The Morgan fingerprint density at radius 3 is 2.33 bits per heavy atom. The van der Waals surface area contributed by atoms with Crippen molar-refractivity contribution in [3.63, 3.8) is 0 Å². The van der Waals surface area contributed by atoms with E-state index in [1.54, 1.807) is 11.8 Å². The summed E-state index contributed by atoms with van der Waals surface area (Å²) in [5.41, 5.74) is 0. The Balaban J connectivity index is 1.46. The van der Waals surface area contributed by atoms with Crippen LogP contribution in [0.15, 0.2) is 0 Å². The molecular weight excluding hydrogens is 270 g/mol. The van der Waals surface area contributed by atoms with Gasteiger partial charge in [-0.15, -0.1) is 0 Å². The first kappa shape index (κ1) is 14.6. The van der Waals surface area contributed by atoms with Gasteiger partial charge in [0, 0.05) is 38.1 Å². The van der Waals surface area contributed by atoms with Crippen molar-refractivity contribution in [3.05, 3.63) is 0 Å². The largest absolute Gasteiger partial charge is 0.481 e. The van der Waals surface area contributed by atoms with E-state index in [1.807, 2.05) is 4.90 Å². The average molecular weight is 295 g/mol. The summed E-state index contributed by atoms with van der Waals surface area (Å²) in [6, 6.07) is 0.636. The molecule has 6 nitrogen and oxygen atoms in total. The van der Waals surface area contributed by atoms with Gasteiger partial charge in [-0.2, -0.15) is 0 Å². The molecule has 118 valence electrons. The standard InChI is InChI=1S/C15H25N3O3/c1-11(14(19)20)12-8-18(9-12)15(21)17-7-4-13(10-17)16-5-2-3-6-16/h11-13H,2-10H2,1H3,(H,19,20). The van der Waals surface area contributed by atoms with Crippen molar-refractivity contribution < 1.29 is 14.7 Å². The predicted octanol–water partition coefficient (Wildman–Crippen LogP) is 0.929. The summed E-state index contributed by atoms with van der Waals surface area (Å²) in [4.78, 5) is 29.6. The summed E-state index contributed by atoms with van der Waals surface area (Å²) < 4.78 is 0. The highest BCUT2D eigenvalue weighted by Gasteiger charge is 2.40. The van der Waals surface area contributed by atoms with Crippen molar-refractivity contribution in [2.45, 2.75) is 32.2 Å². The number of hydrogen-bond acceptors (Lipinski definition) is 3. The lowest BCUT2D eigenvalue weighted by molar-refractivity contribution is -0.144. The minimum absolute atomic E-state index is 0.102. The number of amides is 2. The monoisotopic (exact) mass is 295 g/mol. The molecule has 0 aromatic heterocycles. The summed E-state index contributed by atoms with van der Waals surface area (Å²) in [5.74, 6) is -1.00. The molecule has 0 aliphatic carbocycles. The maximum absolute atomic E-state index is 12.4. The van der Waals surface area contributed by atoms with E-state index in [1.165, 1.54) is 25.9 Å². The topological polar surface area (TPSA) is 64.1 Å². The molecule has 3 aliphatic rings. The number of rotatable bonds is 3. The number of hydrogen-bond donors (Lipinski definition) is 1. The molecule has 3 saturated heterocycles. The normalized spacial score (nSPS) is 28.7. The van der Waals surface area contributed by atoms with Crippen LogP contribution in [0.3, 0.4) is 0 Å². The molecule has 1 N–H and O–H groups in total. The van der Waals surface area contributed by atoms with Crippen LogP contribution in [-0.4, -0.2) is 77.1 Å². The lowest BCUT2D eigenvalue weighted by Gasteiger charge is -2.42. The molecule has 2 amide bonds. The Bertz CT molecular complexity index is 416. The lowest BCUT2D eigenvalue weighted by Crippen LogP contribution is -2.57. The Kier molecular flexibility index (Phi) is 4.06. The van der Waals surface area contributed by atoms with Crippen LogP contribution in [-0.2, 0) is 4.79 Å². The SMILES string of the molecule is CC(C(=O)O)C1CN(C(=O)N2CCC(N3CCCC3)C2)C1. The van der Waals surface area contributed by atoms with E-state index in [9.17, 15) is 9.59 Å². The van der Waals surface area contributed by atoms with Crippen molar-refractivity contribution in [1.82, 2.24) is 14.7 Å². The molecule has 2 atom stereocenters. The number of carbonyl (C=O) groups is 2. The maximum atomic E-state index is 12.4. The van der Waals surface area contributed by atoms with Crippen molar-refractivity contribution in [2.24, 2.45) is 11.8 Å². The molecule has 3 heterocycles. The van der Waals surface area contributed by atoms with E-state index in [-0.39, 0.29) is 17.9 Å². The summed E-state index contributed by atoms with van der Waals surface area (Å²) in [6.45, 7) is 6.95. The molecule has 0 spiro atoms. The molecule has 0 saturated carbocycles. The Morgan fingerprint density at radius 1 is 1.05 bits per heavy atom. The van der Waals surface area contributed by atoms with Gasteiger partial charge in [-0.25, -0.2) is 4.79 Å². The average Bonchev–Trinajstić information content (AvgIpc) is 3.07. The zero-order chi connectivity index (χ0) is 15.0. The molecule has 21 heavy (non-hydrogen) atoms. The molecule has 0 bridgehead atoms. The third-order valence-corrected chi connectivity index (χ3v) is 5.37. The number of carboxylic acids is 1. The van der Waals surface area contributed by atoms with E-state index in [2.05, 4.69) is 4.90 Å². The van der Waals surface area contributed by atoms with Crippen LogP contribution >= 0.6 is 0 Å². The zero-order valence-corrected chi connectivity index (χ0v) is 12.7. The van der Waals surface area contributed by atoms with Crippen LogP contribution in [0.4, 0.5) is 4.79 Å². The van der Waals surface area contributed by atoms with Gasteiger partial charge >= 0.3 is 12.0 Å². The quantitative estimate of drug-likeness (QED) is 0.841. The second-order valence-corrected chi connectivity index (χ2v) is 6.71. The number of carboxylic acid groups (broad SMARTS) is 1. The van der Waals surface area contributed by atoms with E-state index in [4.69, 9.17) is 5.11 Å². The Hall–Kier alpha value is -1.30. The van der Waals surface area contributed by atoms with Gasteiger partial charge in [0.2, 0.25) is 0 Å². The molecule has 0 aromatic rings. The van der Waals surface area contributed by atoms with E-state index >= 15 is 0 Å². The molecule has 2 unspecified atom stereocenters. The number of likely N-dealkylation sites (tertiary alicyclic amines) is 3. The van der Waals surface area contributed by atoms with Gasteiger partial charge in [0.25, 0.3) is 0 Å². The van der Waals surface area contributed by atoms with Gasteiger partial charge in [0.05, 0.1) is 5.92 Å². The molecule has 3 rings (SSSR count). The fourth-order valence-electron chi connectivity index (χ4n) is 3.71. The molecule has 0 aromatic carbocycles. The van der Waals surface area contributed by atoms with Crippen molar-refractivity contribution in [2.75, 3.05) is 39.3 Å². The molecular formula is C15H25N3O3. The first-order chi connectivity index (χ1) is 10.1. The third-order valence-electron chi connectivity index (χ3n) is 5.37. The fourth-order valence-corrected chi connectivity index (χ4v) is 3.71. The van der Waals surface area contributed by atoms with Crippen LogP contribution in [0.25, 0.3) is 0 Å². The minimum atomic E-state index is -0.762. The van der Waals surface area contributed by atoms with E-state index < -0.39 is 5.97 Å². The van der Waals surface area contributed by atoms with Crippen LogP contribution in [0.1, 0.15) is 26.2 Å². The number of carbonyl (C=O) groups excluding carboxylic acids is 1. The van der Waals surface area contributed by atoms with Gasteiger partial charge < -0.3 is 14.9 Å². The third kappa shape index (κ3) is 2.86. The fraction of sp³-hybridized carbons (Fsp3) is 0.867. The smallest absolute Gasteiger partial charge is 0.320 e. The van der Waals surface area contributed by atoms with Crippen LogP contribution in [0.2, 0.25) is 0 Å². The number of nitrogens with zero attached hydrogens (tertiary/aromatic N) is 3. The van der Waals surface area contributed by atoms with Crippen LogP contribution < -0.4 is 0 Å². The van der Waals surface area contributed by atoms with Crippen molar-refractivity contribution >= 4 is 12.0 Å². The van der Waals surface area contributed by atoms with Gasteiger partial charge in [-0.1, -0.05) is 6.92 Å². The lowest BCUT2D eigenvalue weighted by atomic mass is 9.87. The first-order valence-corrected chi connectivity index (χ1v) is 8.07. The van der Waals surface area contributed by atoms with Gasteiger partial charge in [-0.3, -0.25) is 9.69 Å². The summed E-state index contributed by atoms with van der Waals surface area (Å²) in [6.07, 6.45) is 3.64. The second kappa shape index (κ2) is 5.83. The molecule has 3 fully saturated rings. The van der Waals surface area contributed by atoms with Crippen LogP contribution in [0, 0.1) is 11.8 Å². The zero-order valence-electron chi connectivity index (χ0n) is 12.7. The summed E-state index contributed by atoms with van der Waals surface area (Å²) in [7, 11) is 0. The van der Waals surface area contributed by atoms with Crippen LogP contribution in [0.5, 0.6) is 0 Å². The van der Waals surface area contributed by atoms with Crippen molar-refractivity contribution in [1.29, 1.82) is 0 Å². The first-order valence-electron chi connectivity index (χ1n) is 8.07. The van der Waals surface area contributed by atoms with Gasteiger partial charge in [0.1, 0.15) is 0 Å². The van der Waals surface area contributed by atoms with E-state index in [0.717, 1.165) is 19.5 Å². The summed E-state index contributed by atoms with van der Waals surface area (Å²) >= 11 is 0. The Morgan fingerprint density at radius 2 is 1.71 bits per heavy atom. The van der Waals surface area contributed by atoms with E-state index in [0.29, 0.717) is 19.1 Å². The second-order valence-electron chi connectivity index (χ2n) is 6.71. The number of urea groups is 1. The highest BCUT2D eigenvalue weighted by atomic mass is 16.4. The predicted molar refractivity (Wildman–Crippen MR) is 78.0 cm³/mol. The molecule has 3 aliphatic heterocycles. The highest BCUT2D eigenvalue weighted by Crippen LogP contribution is 2.27. The molecule has 0 radical (unpaired) electrons. The van der Waals surface area contributed by atoms with Gasteiger partial charge in [0.15, 0.2) is 0 Å². The van der Waals surface area contributed by atoms with Crippen molar-refractivity contribution in [3.8, 4) is 0 Å².